The van der Waals surface area contributed by atoms with E-state index in [0.717, 1.165) is 6.08 Å². The summed E-state index contributed by atoms with van der Waals surface area (Å²) in [6, 6.07) is 12.0. The monoisotopic (exact) mass is 194 g/mol. The van der Waals surface area contributed by atoms with Crippen LogP contribution in [0.3, 0.4) is 0 Å². The van der Waals surface area contributed by atoms with Crippen molar-refractivity contribution in [1.82, 2.24) is 0 Å². The second-order valence-corrected chi connectivity index (χ2v) is 2.17. The lowest BCUT2D eigenvalue weighted by atomic mass is 10.4. The van der Waals surface area contributed by atoms with E-state index in [1.807, 2.05) is 36.4 Å². The van der Waals surface area contributed by atoms with Gasteiger partial charge in [-0.1, -0.05) is 43.0 Å². The molecule has 0 N–H and O–H groups in total. The predicted molar refractivity (Wildman–Crippen MR) is 54.4 cm³/mol. The van der Waals surface area contributed by atoms with Crippen LogP contribution >= 0.6 is 0 Å². The Labute approximate surface area is 83.9 Å². The van der Waals surface area contributed by atoms with Crippen LogP contribution in [0.1, 0.15) is 6.92 Å². The lowest BCUT2D eigenvalue weighted by Crippen LogP contribution is -2.00. The van der Waals surface area contributed by atoms with Crippen LogP contribution in [0.25, 0.3) is 0 Å². The highest BCUT2D eigenvalue weighted by Crippen LogP contribution is 1.80. The van der Waals surface area contributed by atoms with E-state index in [0.29, 0.717) is 6.61 Å². The number of hydrogen-bond acceptors (Lipinski definition) is 3. The largest absolute Gasteiger partial charge is 0.365 e. The molecule has 0 fully saturated rings. The molecule has 0 radical (unpaired) electrons. The van der Waals surface area contributed by atoms with Gasteiger partial charge in [0.25, 0.3) is 0 Å². The highest BCUT2D eigenvalue weighted by Gasteiger charge is 1.91. The van der Waals surface area contributed by atoms with Crippen LogP contribution < -0.4 is 0 Å². The molecule has 0 atom stereocenters. The summed E-state index contributed by atoms with van der Waals surface area (Å²) < 4.78 is 0. The van der Waals surface area contributed by atoms with Crippen molar-refractivity contribution < 1.29 is 14.6 Å². The minimum atomic E-state index is -0.563. The van der Waals surface area contributed by atoms with Crippen molar-refractivity contribution in [3.8, 4) is 0 Å². The quantitative estimate of drug-likeness (QED) is 0.421. The molecule has 1 rings (SSSR count). The molecule has 0 saturated carbocycles. The number of carbonyl (C=O) groups is 1. The van der Waals surface area contributed by atoms with Gasteiger partial charge in [0.15, 0.2) is 0 Å². The second kappa shape index (κ2) is 9.48. The third kappa shape index (κ3) is 8.49. The van der Waals surface area contributed by atoms with Gasteiger partial charge in [-0.05, 0) is 6.92 Å². The molecule has 0 heterocycles. The summed E-state index contributed by atoms with van der Waals surface area (Å²) >= 11 is 0. The van der Waals surface area contributed by atoms with Gasteiger partial charge in [0.2, 0.25) is 0 Å². The van der Waals surface area contributed by atoms with Crippen LogP contribution in [0, 0.1) is 0 Å². The summed E-state index contributed by atoms with van der Waals surface area (Å²) in [5.74, 6) is -0.563. The molecule has 1 aromatic carbocycles. The Bertz CT molecular complexity index is 217. The second-order valence-electron chi connectivity index (χ2n) is 2.17. The number of hydrogen-bond donors (Lipinski definition) is 0. The van der Waals surface area contributed by atoms with Crippen molar-refractivity contribution in [2.45, 2.75) is 6.92 Å². The first-order valence-electron chi connectivity index (χ1n) is 4.27. The molecule has 0 spiro atoms. The van der Waals surface area contributed by atoms with E-state index in [-0.39, 0.29) is 0 Å². The SMILES string of the molecule is C=CC(=O)OOCC.c1ccccc1. The van der Waals surface area contributed by atoms with Crippen LogP contribution in [-0.2, 0) is 14.6 Å². The third-order valence-electron chi connectivity index (χ3n) is 1.09. The number of benzene rings is 1. The van der Waals surface area contributed by atoms with Crippen molar-refractivity contribution >= 4 is 5.97 Å². The van der Waals surface area contributed by atoms with E-state index >= 15 is 0 Å². The summed E-state index contributed by atoms with van der Waals surface area (Å²) in [4.78, 5) is 18.5. The van der Waals surface area contributed by atoms with Crippen molar-refractivity contribution in [2.24, 2.45) is 0 Å². The molecule has 0 aliphatic carbocycles. The van der Waals surface area contributed by atoms with Gasteiger partial charge < -0.3 is 0 Å². The van der Waals surface area contributed by atoms with E-state index in [2.05, 4.69) is 16.4 Å². The lowest BCUT2D eigenvalue weighted by molar-refractivity contribution is -0.264. The van der Waals surface area contributed by atoms with Crippen LogP contribution in [0.2, 0.25) is 0 Å². The van der Waals surface area contributed by atoms with Gasteiger partial charge in [0.1, 0.15) is 0 Å². The molecule has 0 saturated heterocycles. The van der Waals surface area contributed by atoms with Crippen LogP contribution in [0.4, 0.5) is 0 Å². The standard InChI is InChI=1S/C6H6.C5H8O3/c1-2-4-6-5-3-1;1-3-5(6)8-7-4-2/h1-6H;3H,1,4H2,2H3. The molecule has 3 nitrogen and oxygen atoms in total. The van der Waals surface area contributed by atoms with E-state index in [4.69, 9.17) is 0 Å². The third-order valence-corrected chi connectivity index (χ3v) is 1.09. The van der Waals surface area contributed by atoms with Gasteiger partial charge in [0, 0.05) is 6.08 Å². The summed E-state index contributed by atoms with van der Waals surface area (Å²) in [5, 5.41) is 0. The Morgan fingerprint density at radius 2 is 1.64 bits per heavy atom. The Morgan fingerprint density at radius 3 is 1.93 bits per heavy atom. The zero-order valence-electron chi connectivity index (χ0n) is 8.18. The van der Waals surface area contributed by atoms with Gasteiger partial charge in [-0.15, -0.1) is 0 Å². The number of rotatable bonds is 3. The van der Waals surface area contributed by atoms with E-state index in [9.17, 15) is 4.79 Å². The molecule has 76 valence electrons. The first kappa shape index (κ1) is 12.4. The van der Waals surface area contributed by atoms with Crippen molar-refractivity contribution in [3.05, 3.63) is 49.1 Å². The van der Waals surface area contributed by atoms with E-state index in [1.165, 1.54) is 0 Å². The van der Waals surface area contributed by atoms with Gasteiger partial charge in [-0.3, -0.25) is 4.89 Å². The molecule has 3 heteroatoms. The summed E-state index contributed by atoms with van der Waals surface area (Å²) in [6.45, 7) is 5.24. The fourth-order valence-corrected chi connectivity index (χ4v) is 0.536. The fourth-order valence-electron chi connectivity index (χ4n) is 0.536. The molecule has 0 unspecified atom stereocenters. The first-order chi connectivity index (χ1) is 6.81. The smallest absolute Gasteiger partial charge is 0.294 e. The Kier molecular flexibility index (Phi) is 8.39. The average molecular weight is 194 g/mol. The van der Waals surface area contributed by atoms with Gasteiger partial charge in [-0.2, -0.15) is 4.89 Å². The maximum atomic E-state index is 10.1. The van der Waals surface area contributed by atoms with Crippen LogP contribution in [0.15, 0.2) is 49.1 Å². The van der Waals surface area contributed by atoms with Crippen LogP contribution in [0.5, 0.6) is 0 Å². The van der Waals surface area contributed by atoms with Gasteiger partial charge >= 0.3 is 5.97 Å². The highest BCUT2D eigenvalue weighted by atomic mass is 17.2. The molecule has 1 aromatic rings. The van der Waals surface area contributed by atoms with E-state index < -0.39 is 5.97 Å². The van der Waals surface area contributed by atoms with Gasteiger partial charge in [-0.25, -0.2) is 4.79 Å². The zero-order valence-corrected chi connectivity index (χ0v) is 8.18. The Hall–Kier alpha value is -1.61. The average Bonchev–Trinajstić information content (AvgIpc) is 2.29. The van der Waals surface area contributed by atoms with E-state index in [1.54, 1.807) is 6.92 Å². The summed E-state index contributed by atoms with van der Waals surface area (Å²) in [5.41, 5.74) is 0. The highest BCUT2D eigenvalue weighted by molar-refractivity contribution is 5.80. The predicted octanol–water partition coefficient (Wildman–Crippen LogP) is 2.35. The van der Waals surface area contributed by atoms with Crippen molar-refractivity contribution in [1.29, 1.82) is 0 Å². The fraction of sp³-hybridized carbons (Fsp3) is 0.182. The Morgan fingerprint density at radius 1 is 1.21 bits per heavy atom. The molecule has 0 aliphatic heterocycles. The minimum absolute atomic E-state index is 0.361. The van der Waals surface area contributed by atoms with Crippen molar-refractivity contribution in [3.63, 3.8) is 0 Å². The maximum Gasteiger partial charge on any atom is 0.365 e. The molecule has 0 bridgehead atoms. The van der Waals surface area contributed by atoms with Crippen LogP contribution in [-0.4, -0.2) is 12.6 Å². The molecule has 0 aromatic heterocycles. The molecular weight excluding hydrogens is 180 g/mol. The molecule has 14 heavy (non-hydrogen) atoms. The minimum Gasteiger partial charge on any atom is -0.294 e. The van der Waals surface area contributed by atoms with Crippen molar-refractivity contribution in [2.75, 3.05) is 6.61 Å². The lowest BCUT2D eigenvalue weighted by Gasteiger charge is -1.93. The molecule has 0 aliphatic rings. The Balaban J connectivity index is 0.000000249. The summed E-state index contributed by atoms with van der Waals surface area (Å²) in [7, 11) is 0. The normalized spacial score (nSPS) is 8.07. The molecular formula is C11H14O3. The summed E-state index contributed by atoms with van der Waals surface area (Å²) in [6.07, 6.45) is 1.04. The zero-order chi connectivity index (χ0) is 10.6. The molecule has 0 amide bonds. The topological polar surface area (TPSA) is 35.5 Å². The van der Waals surface area contributed by atoms with Gasteiger partial charge in [0.05, 0.1) is 6.61 Å². The number of carbonyl (C=O) groups excluding carboxylic acids is 1. The first-order valence-corrected chi connectivity index (χ1v) is 4.27. The maximum absolute atomic E-state index is 10.1.